The first-order valence-electron chi connectivity index (χ1n) is 12.1. The van der Waals surface area contributed by atoms with Crippen LogP contribution < -0.4 is 14.8 Å². The van der Waals surface area contributed by atoms with Gasteiger partial charge in [0, 0.05) is 43.3 Å². The van der Waals surface area contributed by atoms with Crippen LogP contribution in [0.25, 0.3) is 0 Å². The smallest absolute Gasteiger partial charge is 0.309 e. The van der Waals surface area contributed by atoms with E-state index in [1.165, 1.54) is 12.1 Å². The fourth-order valence-corrected chi connectivity index (χ4v) is 4.41. The average Bonchev–Trinajstić information content (AvgIpc) is 3.35. The van der Waals surface area contributed by atoms with Crippen LogP contribution in [0.3, 0.4) is 0 Å². The lowest BCUT2D eigenvalue weighted by molar-refractivity contribution is -0.136. The summed E-state index contributed by atoms with van der Waals surface area (Å²) in [6.07, 6.45) is -0.595. The molecule has 0 saturated carbocycles. The highest BCUT2D eigenvalue weighted by Gasteiger charge is 2.19. The van der Waals surface area contributed by atoms with Gasteiger partial charge in [-0.2, -0.15) is 4.98 Å². The zero-order valence-corrected chi connectivity index (χ0v) is 22.2. The van der Waals surface area contributed by atoms with Crippen LogP contribution in [0.4, 0.5) is 5.13 Å². The molecule has 3 aromatic rings. The molecule has 1 aliphatic heterocycles. The molecule has 0 unspecified atom stereocenters. The van der Waals surface area contributed by atoms with Gasteiger partial charge in [-0.25, -0.2) is 4.98 Å². The van der Waals surface area contributed by atoms with Crippen molar-refractivity contribution in [2.24, 2.45) is 0 Å². The lowest BCUT2D eigenvalue weighted by Gasteiger charge is -2.26. The van der Waals surface area contributed by atoms with E-state index < -0.39 is 11.9 Å². The minimum Gasteiger partial charge on any atom is -0.481 e. The minimum atomic E-state index is -1.01. The number of pyridine rings is 1. The molecule has 1 saturated heterocycles. The van der Waals surface area contributed by atoms with Crippen molar-refractivity contribution in [2.45, 2.75) is 19.4 Å². The van der Waals surface area contributed by atoms with Crippen molar-refractivity contribution in [3.05, 3.63) is 58.6 Å². The van der Waals surface area contributed by atoms with Crippen molar-refractivity contribution in [1.82, 2.24) is 14.9 Å². The molecular formula is C26H28N4O8S. The SMILES string of the molecule is COC[C@@H](C)Oc1cc(C(=O)Nc2nc(CC(=O)O)cs2)cc(Oc2ccc(C(=O)N3CCOCC3)cc2)n1. The second kappa shape index (κ2) is 13.1. The van der Waals surface area contributed by atoms with Crippen molar-refractivity contribution in [3.63, 3.8) is 0 Å². The van der Waals surface area contributed by atoms with E-state index in [2.05, 4.69) is 15.3 Å². The molecule has 13 heteroatoms. The van der Waals surface area contributed by atoms with Gasteiger partial charge in [-0.05, 0) is 31.2 Å². The summed E-state index contributed by atoms with van der Waals surface area (Å²) in [4.78, 5) is 46.9. The predicted molar refractivity (Wildman–Crippen MR) is 141 cm³/mol. The molecule has 39 heavy (non-hydrogen) atoms. The molecule has 2 N–H and O–H groups in total. The molecule has 0 radical (unpaired) electrons. The Hall–Kier alpha value is -4.07. The number of morpholine rings is 1. The number of hydrogen-bond donors (Lipinski definition) is 2. The Kier molecular flexibility index (Phi) is 9.41. The van der Waals surface area contributed by atoms with Crippen LogP contribution >= 0.6 is 11.3 Å². The maximum absolute atomic E-state index is 13.0. The molecule has 0 bridgehead atoms. The number of carbonyl (C=O) groups excluding carboxylic acids is 2. The average molecular weight is 557 g/mol. The van der Waals surface area contributed by atoms with Crippen LogP contribution in [-0.4, -0.2) is 83.9 Å². The number of amides is 2. The number of methoxy groups -OCH3 is 1. The first-order chi connectivity index (χ1) is 18.8. The fourth-order valence-electron chi connectivity index (χ4n) is 3.70. The van der Waals surface area contributed by atoms with Gasteiger partial charge in [-0.1, -0.05) is 0 Å². The van der Waals surface area contributed by atoms with Gasteiger partial charge >= 0.3 is 5.97 Å². The number of ether oxygens (including phenoxy) is 4. The lowest BCUT2D eigenvalue weighted by Crippen LogP contribution is -2.40. The Bertz CT molecular complexity index is 1310. The highest BCUT2D eigenvalue weighted by atomic mass is 32.1. The summed E-state index contributed by atoms with van der Waals surface area (Å²) < 4.78 is 22.1. The zero-order valence-electron chi connectivity index (χ0n) is 21.4. The Labute approximate surface area is 228 Å². The van der Waals surface area contributed by atoms with Gasteiger partial charge in [-0.15, -0.1) is 11.3 Å². The van der Waals surface area contributed by atoms with Gasteiger partial charge in [0.1, 0.15) is 11.9 Å². The highest BCUT2D eigenvalue weighted by Crippen LogP contribution is 2.26. The number of carbonyl (C=O) groups is 3. The third-order valence-corrected chi connectivity index (χ3v) is 6.30. The molecule has 1 aromatic carbocycles. The molecule has 206 valence electrons. The van der Waals surface area contributed by atoms with E-state index in [0.29, 0.717) is 49.9 Å². The molecule has 0 spiro atoms. The monoisotopic (exact) mass is 556 g/mol. The van der Waals surface area contributed by atoms with Crippen molar-refractivity contribution in [2.75, 3.05) is 45.3 Å². The number of nitrogens with zero attached hydrogens (tertiary/aromatic N) is 3. The van der Waals surface area contributed by atoms with E-state index in [1.54, 1.807) is 48.6 Å². The molecule has 1 aliphatic rings. The number of aliphatic carboxylic acids is 1. The van der Waals surface area contributed by atoms with Crippen molar-refractivity contribution in [3.8, 4) is 17.5 Å². The number of carboxylic acid groups (broad SMARTS) is 1. The molecule has 12 nitrogen and oxygen atoms in total. The van der Waals surface area contributed by atoms with E-state index in [-0.39, 0.29) is 40.9 Å². The van der Waals surface area contributed by atoms with Crippen molar-refractivity contribution < 1.29 is 38.4 Å². The van der Waals surface area contributed by atoms with Crippen molar-refractivity contribution >= 4 is 34.3 Å². The summed E-state index contributed by atoms with van der Waals surface area (Å²) in [6.45, 7) is 4.22. The highest BCUT2D eigenvalue weighted by molar-refractivity contribution is 7.14. The Morgan fingerprint density at radius 1 is 1.10 bits per heavy atom. The maximum Gasteiger partial charge on any atom is 0.309 e. The van der Waals surface area contributed by atoms with Gasteiger partial charge in [0.15, 0.2) is 5.13 Å². The van der Waals surface area contributed by atoms with Crippen LogP contribution in [0.5, 0.6) is 17.5 Å². The standard InChI is InChI=1S/C26H28N4O8S/c1-16(14-35-2)37-21-11-18(24(33)29-26-27-19(15-39-26)13-23(31)32)12-22(28-21)38-20-5-3-17(4-6-20)25(34)30-7-9-36-10-8-30/h3-6,11-12,15-16H,7-10,13-14H2,1-2H3,(H,31,32)(H,27,29,33)/t16-/m1/s1. The van der Waals surface area contributed by atoms with E-state index >= 15 is 0 Å². The molecule has 4 rings (SSSR count). The number of benzene rings is 1. The van der Waals surface area contributed by atoms with Gasteiger partial charge in [0.25, 0.3) is 11.8 Å². The van der Waals surface area contributed by atoms with Crippen LogP contribution in [0.1, 0.15) is 33.3 Å². The molecule has 2 amide bonds. The van der Waals surface area contributed by atoms with Gasteiger partial charge in [0.05, 0.1) is 37.5 Å². The molecule has 0 aliphatic carbocycles. The topological polar surface area (TPSA) is 149 Å². The van der Waals surface area contributed by atoms with E-state index in [1.807, 2.05) is 0 Å². The first kappa shape index (κ1) is 28.0. The fraction of sp³-hybridized carbons (Fsp3) is 0.346. The predicted octanol–water partition coefficient (Wildman–Crippen LogP) is 3.10. The quantitative estimate of drug-likeness (QED) is 0.361. The summed E-state index contributed by atoms with van der Waals surface area (Å²) in [7, 11) is 1.55. The zero-order chi connectivity index (χ0) is 27.8. The van der Waals surface area contributed by atoms with Gasteiger partial charge in [0.2, 0.25) is 11.8 Å². The largest absolute Gasteiger partial charge is 0.481 e. The van der Waals surface area contributed by atoms with E-state index in [4.69, 9.17) is 24.1 Å². The van der Waals surface area contributed by atoms with Crippen LogP contribution in [0.15, 0.2) is 41.8 Å². The summed E-state index contributed by atoms with van der Waals surface area (Å²) >= 11 is 1.12. The van der Waals surface area contributed by atoms with E-state index in [9.17, 15) is 14.4 Å². The Morgan fingerprint density at radius 2 is 1.82 bits per heavy atom. The summed E-state index contributed by atoms with van der Waals surface area (Å²) in [5.74, 6) is -0.952. The molecule has 1 atom stereocenters. The van der Waals surface area contributed by atoms with Crippen LogP contribution in [-0.2, 0) is 20.7 Å². The lowest BCUT2D eigenvalue weighted by atomic mass is 10.2. The van der Waals surface area contributed by atoms with Crippen LogP contribution in [0.2, 0.25) is 0 Å². The summed E-state index contributed by atoms with van der Waals surface area (Å²) in [6, 6.07) is 9.54. The van der Waals surface area contributed by atoms with E-state index in [0.717, 1.165) is 11.3 Å². The number of hydrogen-bond acceptors (Lipinski definition) is 10. The van der Waals surface area contributed by atoms with Gasteiger partial charge < -0.3 is 29.0 Å². The van der Waals surface area contributed by atoms with Crippen LogP contribution in [0, 0.1) is 0 Å². The molecule has 3 heterocycles. The number of nitrogens with one attached hydrogen (secondary N) is 1. The molecule has 1 fully saturated rings. The first-order valence-corrected chi connectivity index (χ1v) is 13.0. The number of carboxylic acids is 1. The number of aromatic nitrogens is 2. The Morgan fingerprint density at radius 3 is 2.51 bits per heavy atom. The minimum absolute atomic E-state index is 0.0850. The summed E-state index contributed by atoms with van der Waals surface area (Å²) in [5, 5.41) is 13.4. The maximum atomic E-state index is 13.0. The van der Waals surface area contributed by atoms with Gasteiger partial charge in [-0.3, -0.25) is 19.7 Å². The van der Waals surface area contributed by atoms with Crippen molar-refractivity contribution in [1.29, 1.82) is 0 Å². The number of rotatable bonds is 11. The molecular weight excluding hydrogens is 528 g/mol. The third-order valence-electron chi connectivity index (χ3n) is 5.49. The second-order valence-electron chi connectivity index (χ2n) is 8.62. The number of anilines is 1. The Balaban J connectivity index is 1.51. The second-order valence-corrected chi connectivity index (χ2v) is 9.47. The molecule has 2 aromatic heterocycles. The third kappa shape index (κ3) is 7.96. The normalized spacial score (nSPS) is 13.9. The summed E-state index contributed by atoms with van der Waals surface area (Å²) in [5.41, 5.74) is 1.05. The number of thiazole rings is 1.